The van der Waals surface area contributed by atoms with Crippen molar-refractivity contribution in [2.24, 2.45) is 0 Å². The molecule has 17 heavy (non-hydrogen) atoms. The van der Waals surface area contributed by atoms with Crippen molar-refractivity contribution in [3.8, 4) is 0 Å². The Morgan fingerprint density at radius 1 is 1.35 bits per heavy atom. The van der Waals surface area contributed by atoms with Crippen LogP contribution >= 0.6 is 11.6 Å². The van der Waals surface area contributed by atoms with Gasteiger partial charge in [0.2, 0.25) is 5.91 Å². The SMILES string of the molecule is CC(C)(CCl)NC(=O)C1(c2ccccc2)CC1. The second-order valence-electron chi connectivity index (χ2n) is 5.42. The minimum absolute atomic E-state index is 0.106. The minimum Gasteiger partial charge on any atom is -0.349 e. The van der Waals surface area contributed by atoms with E-state index in [1.165, 1.54) is 0 Å². The van der Waals surface area contributed by atoms with Gasteiger partial charge < -0.3 is 5.32 Å². The lowest BCUT2D eigenvalue weighted by molar-refractivity contribution is -0.125. The molecule has 0 saturated heterocycles. The summed E-state index contributed by atoms with van der Waals surface area (Å²) in [6.07, 6.45) is 1.86. The topological polar surface area (TPSA) is 29.1 Å². The molecule has 1 aliphatic carbocycles. The maximum atomic E-state index is 12.3. The molecule has 0 aromatic heterocycles. The van der Waals surface area contributed by atoms with Gasteiger partial charge in [-0.15, -0.1) is 11.6 Å². The number of hydrogen-bond donors (Lipinski definition) is 1. The number of rotatable bonds is 4. The Balaban J connectivity index is 2.15. The highest BCUT2D eigenvalue weighted by molar-refractivity contribution is 6.18. The van der Waals surface area contributed by atoms with Crippen molar-refractivity contribution in [3.63, 3.8) is 0 Å². The molecule has 1 aliphatic rings. The average molecular weight is 252 g/mol. The predicted molar refractivity (Wildman–Crippen MR) is 70.3 cm³/mol. The molecule has 1 saturated carbocycles. The van der Waals surface area contributed by atoms with Crippen molar-refractivity contribution in [2.75, 3.05) is 5.88 Å². The summed E-state index contributed by atoms with van der Waals surface area (Å²) in [5.41, 5.74) is 0.469. The van der Waals surface area contributed by atoms with Crippen LogP contribution < -0.4 is 5.32 Å². The van der Waals surface area contributed by atoms with Gasteiger partial charge in [-0.3, -0.25) is 4.79 Å². The Hall–Kier alpha value is -1.02. The van der Waals surface area contributed by atoms with Crippen LogP contribution in [0.2, 0.25) is 0 Å². The zero-order valence-corrected chi connectivity index (χ0v) is 11.1. The number of hydrogen-bond acceptors (Lipinski definition) is 1. The summed E-state index contributed by atoms with van der Waals surface area (Å²) >= 11 is 5.84. The predicted octanol–water partition coefficient (Wildman–Crippen LogP) is 2.85. The van der Waals surface area contributed by atoms with Crippen molar-refractivity contribution in [2.45, 2.75) is 37.6 Å². The maximum absolute atomic E-state index is 12.3. The van der Waals surface area contributed by atoms with E-state index in [1.807, 2.05) is 44.2 Å². The van der Waals surface area contributed by atoms with Gasteiger partial charge in [0.25, 0.3) is 0 Å². The highest BCUT2D eigenvalue weighted by atomic mass is 35.5. The van der Waals surface area contributed by atoms with E-state index in [1.54, 1.807) is 0 Å². The largest absolute Gasteiger partial charge is 0.349 e. The fraction of sp³-hybridized carbons (Fsp3) is 0.500. The van der Waals surface area contributed by atoms with Gasteiger partial charge in [0.05, 0.1) is 5.41 Å². The fourth-order valence-electron chi connectivity index (χ4n) is 1.99. The molecule has 1 fully saturated rings. The van der Waals surface area contributed by atoms with Crippen molar-refractivity contribution in [1.29, 1.82) is 0 Å². The Labute approximate surface area is 107 Å². The number of alkyl halides is 1. The molecule has 0 bridgehead atoms. The third kappa shape index (κ3) is 2.47. The average Bonchev–Trinajstić information content (AvgIpc) is 3.11. The van der Waals surface area contributed by atoms with Crippen molar-refractivity contribution in [1.82, 2.24) is 5.32 Å². The molecule has 2 nitrogen and oxygen atoms in total. The van der Waals surface area contributed by atoms with E-state index in [0.717, 1.165) is 18.4 Å². The van der Waals surface area contributed by atoms with E-state index in [-0.39, 0.29) is 16.9 Å². The molecule has 1 amide bonds. The van der Waals surface area contributed by atoms with Crippen molar-refractivity contribution in [3.05, 3.63) is 35.9 Å². The number of nitrogens with one attached hydrogen (secondary N) is 1. The molecular formula is C14H18ClNO. The number of carbonyl (C=O) groups excluding carboxylic acids is 1. The minimum atomic E-state index is -0.344. The molecule has 0 unspecified atom stereocenters. The van der Waals surface area contributed by atoms with Gasteiger partial charge in [-0.05, 0) is 32.3 Å². The van der Waals surface area contributed by atoms with Gasteiger partial charge in [-0.25, -0.2) is 0 Å². The summed E-state index contributed by atoms with van der Waals surface area (Å²) in [4.78, 5) is 12.3. The molecule has 1 aromatic carbocycles. The highest BCUT2D eigenvalue weighted by Crippen LogP contribution is 2.48. The van der Waals surface area contributed by atoms with Gasteiger partial charge in [0.1, 0.15) is 0 Å². The number of benzene rings is 1. The molecule has 92 valence electrons. The Morgan fingerprint density at radius 3 is 2.41 bits per heavy atom. The van der Waals surface area contributed by atoms with Crippen LogP contribution in [0.25, 0.3) is 0 Å². The quantitative estimate of drug-likeness (QED) is 0.820. The van der Waals surface area contributed by atoms with E-state index in [4.69, 9.17) is 11.6 Å². The lowest BCUT2D eigenvalue weighted by Gasteiger charge is -2.27. The molecule has 2 rings (SSSR count). The van der Waals surface area contributed by atoms with Crippen LogP contribution in [0.15, 0.2) is 30.3 Å². The van der Waals surface area contributed by atoms with Gasteiger partial charge in [0.15, 0.2) is 0 Å². The molecule has 3 heteroatoms. The number of halogens is 1. The van der Waals surface area contributed by atoms with Crippen LogP contribution in [0.3, 0.4) is 0 Å². The monoisotopic (exact) mass is 251 g/mol. The third-order valence-corrected chi connectivity index (χ3v) is 3.97. The summed E-state index contributed by atoms with van der Waals surface area (Å²) in [6, 6.07) is 9.99. The first-order chi connectivity index (χ1) is 8.00. The number of amides is 1. The van der Waals surface area contributed by atoms with E-state index >= 15 is 0 Å². The van der Waals surface area contributed by atoms with Crippen molar-refractivity contribution >= 4 is 17.5 Å². The normalized spacial score (nSPS) is 17.6. The number of carbonyl (C=O) groups is 1. The lowest BCUT2D eigenvalue weighted by atomic mass is 9.93. The molecule has 0 radical (unpaired) electrons. The summed E-state index contributed by atoms with van der Waals surface area (Å²) in [5.74, 6) is 0.526. The third-order valence-electron chi connectivity index (χ3n) is 3.30. The first-order valence-corrected chi connectivity index (χ1v) is 6.48. The van der Waals surface area contributed by atoms with Crippen LogP contribution in [0.5, 0.6) is 0 Å². The Bertz CT molecular complexity index is 409. The molecule has 0 heterocycles. The summed E-state index contributed by atoms with van der Waals surface area (Å²) in [6.45, 7) is 3.89. The van der Waals surface area contributed by atoms with Crippen LogP contribution in [0.4, 0.5) is 0 Å². The smallest absolute Gasteiger partial charge is 0.231 e. The van der Waals surface area contributed by atoms with Crippen molar-refractivity contribution < 1.29 is 4.79 Å². The van der Waals surface area contributed by atoms with E-state index in [9.17, 15) is 4.79 Å². The fourth-order valence-corrected chi connectivity index (χ4v) is 2.06. The molecule has 1 N–H and O–H groups in total. The van der Waals surface area contributed by atoms with E-state index in [2.05, 4.69) is 5.32 Å². The molecule has 1 aromatic rings. The maximum Gasteiger partial charge on any atom is 0.231 e. The Kier molecular flexibility index (Phi) is 3.17. The molecule has 0 spiro atoms. The second kappa shape index (κ2) is 4.34. The van der Waals surface area contributed by atoms with Crippen LogP contribution in [-0.4, -0.2) is 17.3 Å². The van der Waals surface area contributed by atoms with Gasteiger partial charge in [-0.2, -0.15) is 0 Å². The summed E-state index contributed by atoms with van der Waals surface area (Å²) in [7, 11) is 0. The van der Waals surface area contributed by atoms with E-state index in [0.29, 0.717) is 5.88 Å². The lowest BCUT2D eigenvalue weighted by Crippen LogP contribution is -2.49. The van der Waals surface area contributed by atoms with Gasteiger partial charge >= 0.3 is 0 Å². The standard InChI is InChI=1S/C14H18ClNO/c1-13(2,10-15)16-12(17)14(8-9-14)11-6-4-3-5-7-11/h3-7H,8-10H2,1-2H3,(H,16,17). The second-order valence-corrected chi connectivity index (χ2v) is 5.69. The first kappa shape index (κ1) is 12.4. The zero-order chi connectivity index (χ0) is 12.5. The van der Waals surface area contributed by atoms with Crippen LogP contribution in [0, 0.1) is 0 Å². The van der Waals surface area contributed by atoms with Crippen LogP contribution in [0.1, 0.15) is 32.3 Å². The molecular weight excluding hydrogens is 234 g/mol. The first-order valence-electron chi connectivity index (χ1n) is 5.94. The van der Waals surface area contributed by atoms with Crippen LogP contribution in [-0.2, 0) is 10.2 Å². The summed E-state index contributed by atoms with van der Waals surface area (Å²) < 4.78 is 0. The Morgan fingerprint density at radius 2 is 1.94 bits per heavy atom. The molecule has 0 atom stereocenters. The zero-order valence-electron chi connectivity index (χ0n) is 10.3. The van der Waals surface area contributed by atoms with Gasteiger partial charge in [0, 0.05) is 11.4 Å². The van der Waals surface area contributed by atoms with Gasteiger partial charge in [-0.1, -0.05) is 30.3 Å². The van der Waals surface area contributed by atoms with E-state index < -0.39 is 0 Å². The molecule has 0 aliphatic heterocycles. The highest BCUT2D eigenvalue weighted by Gasteiger charge is 2.51. The summed E-state index contributed by atoms with van der Waals surface area (Å²) in [5, 5.41) is 3.04.